The summed E-state index contributed by atoms with van der Waals surface area (Å²) in [7, 11) is 0. The lowest BCUT2D eigenvalue weighted by molar-refractivity contribution is 5.75. The standard InChI is InChI=1S/Al.B.H3P.H4Si.3H/h;;1H3;1H4;;;. The molecule has 0 N–H and O–H groups in total. The van der Waals surface area contributed by atoms with Crippen molar-refractivity contribution in [2.75, 3.05) is 0 Å². The van der Waals surface area contributed by atoms with Crippen molar-refractivity contribution >= 4 is 46.6 Å². The van der Waals surface area contributed by atoms with Crippen LogP contribution in [0, 0.1) is 0 Å². The molecule has 4 heteroatoms. The fraction of sp³-hybridized carbons (Fsp3) is 0. The Labute approximate surface area is 47.1 Å². The monoisotopic (exact) mass is 107 g/mol. The van der Waals surface area contributed by atoms with Crippen LogP contribution >= 0.6 is 9.90 Å². The molecule has 25 valence electrons. The van der Waals surface area contributed by atoms with Crippen molar-refractivity contribution in [3.8, 4) is 0 Å². The summed E-state index contributed by atoms with van der Waals surface area (Å²) in [6.45, 7) is 0. The molecule has 0 saturated heterocycles. The van der Waals surface area contributed by atoms with E-state index < -0.39 is 0 Å². The van der Waals surface area contributed by atoms with Crippen molar-refractivity contribution in [1.29, 1.82) is 0 Å². The molecule has 0 aliphatic carbocycles. The van der Waals surface area contributed by atoms with Gasteiger partial charge >= 0.3 is 0 Å². The van der Waals surface area contributed by atoms with Gasteiger partial charge in [-0.3, -0.25) is 0 Å². The van der Waals surface area contributed by atoms with Gasteiger partial charge in [-0.2, -0.15) is 9.90 Å². The van der Waals surface area contributed by atoms with Gasteiger partial charge in [0.2, 0.25) is 0 Å². The van der Waals surface area contributed by atoms with Crippen LogP contribution in [0.15, 0.2) is 0 Å². The van der Waals surface area contributed by atoms with Gasteiger partial charge in [-0.15, -0.1) is 0 Å². The van der Waals surface area contributed by atoms with Crippen LogP contribution in [0.3, 0.4) is 0 Å². The van der Waals surface area contributed by atoms with Crippen molar-refractivity contribution in [3.63, 3.8) is 0 Å². The third-order valence-corrected chi connectivity index (χ3v) is 0. The van der Waals surface area contributed by atoms with E-state index in [1.807, 2.05) is 0 Å². The highest BCUT2D eigenvalue weighted by atomic mass is 31.0. The minimum Gasteiger partial charge on any atom is -0.153 e. The van der Waals surface area contributed by atoms with Crippen LogP contribution in [0.25, 0.3) is 0 Å². The average molecular weight is 107 g/mol. The summed E-state index contributed by atoms with van der Waals surface area (Å²) in [5.74, 6) is 0. The molecule has 0 fully saturated rings. The van der Waals surface area contributed by atoms with Gasteiger partial charge in [-0.05, 0) is 11.0 Å². The number of hydrogen-bond acceptors (Lipinski definition) is 0. The number of rotatable bonds is 0. The molecule has 0 saturated carbocycles. The van der Waals surface area contributed by atoms with Crippen LogP contribution in [0.2, 0.25) is 0 Å². The van der Waals surface area contributed by atoms with Crippen LogP contribution in [0.4, 0.5) is 0 Å². The van der Waals surface area contributed by atoms with E-state index in [0.29, 0.717) is 0 Å². The maximum Gasteiger partial charge on any atom is 0.187 e. The summed E-state index contributed by atoms with van der Waals surface area (Å²) in [4.78, 5) is 0. The predicted octanol–water partition coefficient (Wildman–Crippen LogP) is -2.96. The Morgan fingerprint density at radius 3 is 1.00 bits per heavy atom. The molecular formula is H10AlBPSi. The maximum absolute atomic E-state index is 0. The zero-order valence-corrected chi connectivity index (χ0v) is 2.70. The molecule has 0 heterocycles. The molecule has 0 nitrogen and oxygen atoms in total. The Kier molecular flexibility index (Phi) is 440. The molecule has 0 bridgehead atoms. The van der Waals surface area contributed by atoms with E-state index in [-0.39, 0.29) is 46.6 Å². The quantitative estimate of drug-likeness (QED) is 0.229. The molecule has 3 radical (unpaired) electrons. The summed E-state index contributed by atoms with van der Waals surface area (Å²) < 4.78 is 0. The molecule has 4 heavy (non-hydrogen) atoms. The van der Waals surface area contributed by atoms with E-state index in [1.165, 1.54) is 0 Å². The molecule has 1 atom stereocenters. The van der Waals surface area contributed by atoms with Gasteiger partial charge in [0.1, 0.15) is 0 Å². The van der Waals surface area contributed by atoms with Gasteiger partial charge in [0.05, 0.1) is 0 Å². The third-order valence-electron chi connectivity index (χ3n) is 0. The summed E-state index contributed by atoms with van der Waals surface area (Å²) in [6.07, 6.45) is 0. The lowest BCUT2D eigenvalue weighted by Crippen LogP contribution is -0.382. The van der Waals surface area contributed by atoms with E-state index in [2.05, 4.69) is 0 Å². The Morgan fingerprint density at radius 1 is 1.00 bits per heavy atom. The molecule has 0 spiro atoms. The van der Waals surface area contributed by atoms with Crippen LogP contribution < -0.4 is 0 Å². The molecule has 0 aromatic carbocycles. The Balaban J connectivity index is 0. The van der Waals surface area contributed by atoms with Crippen molar-refractivity contribution in [3.05, 3.63) is 0 Å². The van der Waals surface area contributed by atoms with E-state index in [1.54, 1.807) is 0 Å². The Hall–Kier alpha value is 1.24. The molecular weight excluding hydrogens is 96.9 g/mol. The summed E-state index contributed by atoms with van der Waals surface area (Å²) >= 11 is 0. The van der Waals surface area contributed by atoms with E-state index in [9.17, 15) is 0 Å². The van der Waals surface area contributed by atoms with Crippen molar-refractivity contribution in [2.24, 2.45) is 0 Å². The van der Waals surface area contributed by atoms with E-state index in [0.717, 1.165) is 0 Å². The van der Waals surface area contributed by atoms with Crippen LogP contribution in [-0.2, 0) is 0 Å². The second-order valence-corrected chi connectivity index (χ2v) is 0. The van der Waals surface area contributed by atoms with E-state index in [4.69, 9.17) is 0 Å². The fourth-order valence-electron chi connectivity index (χ4n) is 0. The van der Waals surface area contributed by atoms with Crippen LogP contribution in [0.1, 0.15) is 0 Å². The Morgan fingerprint density at radius 2 is 1.00 bits per heavy atom. The fourth-order valence-corrected chi connectivity index (χ4v) is 0. The lowest BCUT2D eigenvalue weighted by Gasteiger charge is -0.153. The first-order valence-electron chi connectivity index (χ1n) is 0. The maximum atomic E-state index is 0. The highest BCUT2D eigenvalue weighted by Crippen LogP contribution is 0.861. The van der Waals surface area contributed by atoms with E-state index >= 15 is 0 Å². The zero-order chi connectivity index (χ0) is 0. The van der Waals surface area contributed by atoms with Gasteiger partial charge in [-0.1, -0.05) is 0 Å². The first-order valence-corrected chi connectivity index (χ1v) is 0. The smallest absolute Gasteiger partial charge is 0.153 e. The Bertz CT molecular complexity index is 8.00. The SMILES string of the molecule is P.[AlH3].[B].[SiH4]. The van der Waals surface area contributed by atoms with Gasteiger partial charge < -0.3 is 0 Å². The molecule has 0 aliphatic heterocycles. The van der Waals surface area contributed by atoms with Gasteiger partial charge in [0, 0.05) is 8.41 Å². The van der Waals surface area contributed by atoms with Crippen LogP contribution in [0.5, 0.6) is 0 Å². The molecule has 0 aromatic heterocycles. The van der Waals surface area contributed by atoms with Crippen molar-refractivity contribution in [2.45, 2.75) is 0 Å². The highest BCUT2D eigenvalue weighted by molar-refractivity contribution is 6.92. The minimum atomic E-state index is 0. The second-order valence-electron chi connectivity index (χ2n) is 0. The first-order chi connectivity index (χ1) is 0. The summed E-state index contributed by atoms with van der Waals surface area (Å²) in [5, 5.41) is 0. The number of hydrogen-bond donors (Lipinski definition) is 0. The van der Waals surface area contributed by atoms with Gasteiger partial charge in [0.15, 0.2) is 17.4 Å². The molecule has 1 unspecified atom stereocenters. The van der Waals surface area contributed by atoms with Crippen molar-refractivity contribution in [1.82, 2.24) is 0 Å². The van der Waals surface area contributed by atoms with Gasteiger partial charge in [-0.25, -0.2) is 0 Å². The van der Waals surface area contributed by atoms with Crippen LogP contribution in [-0.4, -0.2) is 36.7 Å². The predicted molar refractivity (Wildman–Crippen MR) is 38.1 cm³/mol. The molecule has 0 rings (SSSR count). The second kappa shape index (κ2) is 28.9. The molecule has 0 aromatic rings. The largest absolute Gasteiger partial charge is 0.187 e. The summed E-state index contributed by atoms with van der Waals surface area (Å²) in [6, 6.07) is 0. The molecule has 0 aliphatic rings. The third kappa shape index (κ3) is 10.6. The molecule has 0 amide bonds. The first kappa shape index (κ1) is 61.0. The van der Waals surface area contributed by atoms with Crippen molar-refractivity contribution < 1.29 is 0 Å². The average Bonchev–Trinajstić information content (AvgIpc) is 0. The minimum absolute atomic E-state index is 0. The zero-order valence-electron chi connectivity index (χ0n) is 1.28. The summed E-state index contributed by atoms with van der Waals surface area (Å²) in [5.41, 5.74) is 0. The highest BCUT2D eigenvalue weighted by Gasteiger charge is 0.187. The van der Waals surface area contributed by atoms with Gasteiger partial charge in [0.25, 0.3) is 0 Å². The lowest BCUT2D eigenvalue weighted by atomic mass is 10.8. The topological polar surface area (TPSA) is 0 Å². The normalized spacial score (nSPS) is 0.